The summed E-state index contributed by atoms with van der Waals surface area (Å²) in [5, 5.41) is 11.5. The van der Waals surface area contributed by atoms with Crippen molar-refractivity contribution in [2.75, 3.05) is 18.9 Å². The van der Waals surface area contributed by atoms with Gasteiger partial charge in [0.15, 0.2) is 5.69 Å². The number of hydrogen-bond acceptors (Lipinski definition) is 4. The van der Waals surface area contributed by atoms with Crippen LogP contribution in [0, 0.1) is 0 Å². The second-order valence-corrected chi connectivity index (χ2v) is 6.74. The monoisotopic (exact) mass is 350 g/mol. The normalized spacial score (nSPS) is 13.8. The second kappa shape index (κ2) is 9.13. The van der Waals surface area contributed by atoms with E-state index in [0.29, 0.717) is 18.1 Å². The highest BCUT2D eigenvalue weighted by Crippen LogP contribution is 2.19. The Morgan fingerprint density at radius 3 is 2.65 bits per heavy atom. The molecule has 0 aliphatic heterocycles. The first-order valence-corrected chi connectivity index (χ1v) is 9.27. The van der Waals surface area contributed by atoms with E-state index in [0.717, 1.165) is 18.5 Å². The van der Waals surface area contributed by atoms with Crippen LogP contribution in [-0.4, -0.2) is 34.6 Å². The zero-order valence-electron chi connectivity index (χ0n) is 15.3. The molecule has 136 valence electrons. The van der Waals surface area contributed by atoms with Crippen LogP contribution >= 0.6 is 0 Å². The van der Waals surface area contributed by atoms with Crippen LogP contribution in [0.4, 0.5) is 5.82 Å². The van der Waals surface area contributed by atoms with Crippen molar-refractivity contribution in [3.63, 3.8) is 0 Å². The molecule has 1 aliphatic rings. The second-order valence-electron chi connectivity index (χ2n) is 6.74. The zero-order chi connectivity index (χ0) is 18.2. The van der Waals surface area contributed by atoms with Gasteiger partial charge in [-0.25, -0.2) is 0 Å². The molecule has 1 aromatic heterocycles. The van der Waals surface area contributed by atoms with Crippen LogP contribution in [0.25, 0.3) is 0 Å². The Morgan fingerprint density at radius 1 is 1.12 bits per heavy atom. The lowest BCUT2D eigenvalue weighted by molar-refractivity contribution is 0.0778. The molecule has 5 heteroatoms. The number of anilines is 1. The summed E-state index contributed by atoms with van der Waals surface area (Å²) in [6, 6.07) is 13.5. The van der Waals surface area contributed by atoms with E-state index in [9.17, 15) is 4.79 Å². The van der Waals surface area contributed by atoms with Crippen LogP contribution in [-0.2, 0) is 6.54 Å². The molecule has 0 bridgehead atoms. The average molecular weight is 350 g/mol. The number of hydrogen-bond donors (Lipinski definition) is 1. The third-order valence-electron chi connectivity index (χ3n) is 4.63. The Kier molecular flexibility index (Phi) is 6.36. The van der Waals surface area contributed by atoms with E-state index in [4.69, 9.17) is 0 Å². The van der Waals surface area contributed by atoms with Crippen molar-refractivity contribution in [1.82, 2.24) is 15.1 Å². The molecule has 0 fully saturated rings. The summed E-state index contributed by atoms with van der Waals surface area (Å²) >= 11 is 0. The van der Waals surface area contributed by atoms with E-state index in [-0.39, 0.29) is 5.91 Å². The number of nitrogens with one attached hydrogen (secondary N) is 1. The molecule has 0 saturated heterocycles. The Labute approximate surface area is 155 Å². The maximum atomic E-state index is 12.5. The summed E-state index contributed by atoms with van der Waals surface area (Å²) in [5.74, 6) is 0.587. The molecule has 0 spiro atoms. The SMILES string of the molecule is CN(Cc1ccccc1)C(=O)c1ccc(NCCC2=CCCCC2)nn1. The van der Waals surface area contributed by atoms with Gasteiger partial charge >= 0.3 is 0 Å². The molecule has 1 N–H and O–H groups in total. The first kappa shape index (κ1) is 18.1. The van der Waals surface area contributed by atoms with Gasteiger partial charge in [-0.1, -0.05) is 42.0 Å². The van der Waals surface area contributed by atoms with Crippen molar-refractivity contribution in [1.29, 1.82) is 0 Å². The molecule has 0 radical (unpaired) electrons. The van der Waals surface area contributed by atoms with Gasteiger partial charge in [0.05, 0.1) is 0 Å². The topological polar surface area (TPSA) is 58.1 Å². The molecule has 2 aromatic rings. The minimum absolute atomic E-state index is 0.125. The van der Waals surface area contributed by atoms with Crippen molar-refractivity contribution < 1.29 is 4.79 Å². The van der Waals surface area contributed by atoms with Gasteiger partial charge in [-0.05, 0) is 49.8 Å². The van der Waals surface area contributed by atoms with E-state index in [1.165, 1.54) is 31.3 Å². The number of carbonyl (C=O) groups excluding carboxylic acids is 1. The number of rotatable bonds is 7. The third kappa shape index (κ3) is 5.15. The van der Waals surface area contributed by atoms with Gasteiger partial charge in [0, 0.05) is 20.1 Å². The predicted molar refractivity (Wildman–Crippen MR) is 104 cm³/mol. The van der Waals surface area contributed by atoms with Crippen LogP contribution < -0.4 is 5.32 Å². The number of carbonyl (C=O) groups is 1. The van der Waals surface area contributed by atoms with Crippen LogP contribution in [0.3, 0.4) is 0 Å². The first-order chi connectivity index (χ1) is 12.7. The number of benzene rings is 1. The molecular weight excluding hydrogens is 324 g/mol. The van der Waals surface area contributed by atoms with Gasteiger partial charge in [-0.15, -0.1) is 10.2 Å². The fourth-order valence-corrected chi connectivity index (χ4v) is 3.15. The maximum Gasteiger partial charge on any atom is 0.274 e. The number of nitrogens with zero attached hydrogens (tertiary/aromatic N) is 3. The van der Waals surface area contributed by atoms with Crippen molar-refractivity contribution in [2.45, 2.75) is 38.6 Å². The summed E-state index contributed by atoms with van der Waals surface area (Å²) in [7, 11) is 1.78. The van der Waals surface area contributed by atoms with E-state index in [1.54, 1.807) is 18.0 Å². The average Bonchev–Trinajstić information content (AvgIpc) is 2.69. The molecule has 1 heterocycles. The molecule has 0 unspecified atom stereocenters. The van der Waals surface area contributed by atoms with E-state index < -0.39 is 0 Å². The minimum atomic E-state index is -0.125. The van der Waals surface area contributed by atoms with Gasteiger partial charge < -0.3 is 10.2 Å². The Hall–Kier alpha value is -2.69. The lowest BCUT2D eigenvalue weighted by atomic mass is 9.97. The van der Waals surface area contributed by atoms with Crippen molar-refractivity contribution in [3.8, 4) is 0 Å². The van der Waals surface area contributed by atoms with E-state index in [2.05, 4.69) is 21.6 Å². The summed E-state index contributed by atoms with van der Waals surface area (Å²) in [4.78, 5) is 14.1. The van der Waals surface area contributed by atoms with Crippen molar-refractivity contribution in [2.24, 2.45) is 0 Å². The van der Waals surface area contributed by atoms with Crippen LogP contribution in [0.2, 0.25) is 0 Å². The summed E-state index contributed by atoms with van der Waals surface area (Å²) < 4.78 is 0. The molecule has 0 atom stereocenters. The quantitative estimate of drug-likeness (QED) is 0.765. The number of allylic oxidation sites excluding steroid dienone is 1. The molecule has 1 amide bonds. The van der Waals surface area contributed by atoms with Crippen LogP contribution in [0.1, 0.15) is 48.2 Å². The Balaban J connectivity index is 1.50. The smallest absolute Gasteiger partial charge is 0.274 e. The summed E-state index contributed by atoms with van der Waals surface area (Å²) in [6.07, 6.45) is 8.45. The summed E-state index contributed by atoms with van der Waals surface area (Å²) in [6.45, 7) is 1.40. The molecule has 5 nitrogen and oxygen atoms in total. The highest BCUT2D eigenvalue weighted by molar-refractivity contribution is 5.92. The van der Waals surface area contributed by atoms with Gasteiger partial charge in [0.1, 0.15) is 5.82 Å². The van der Waals surface area contributed by atoms with Crippen molar-refractivity contribution >= 4 is 11.7 Å². The highest BCUT2D eigenvalue weighted by Gasteiger charge is 2.14. The maximum absolute atomic E-state index is 12.5. The van der Waals surface area contributed by atoms with Gasteiger partial charge in [-0.3, -0.25) is 4.79 Å². The molecule has 26 heavy (non-hydrogen) atoms. The minimum Gasteiger partial charge on any atom is -0.368 e. The van der Waals surface area contributed by atoms with Crippen LogP contribution in [0.15, 0.2) is 54.1 Å². The van der Waals surface area contributed by atoms with Gasteiger partial charge in [-0.2, -0.15) is 0 Å². The highest BCUT2D eigenvalue weighted by atomic mass is 16.2. The van der Waals surface area contributed by atoms with Gasteiger partial charge in [0.25, 0.3) is 5.91 Å². The predicted octanol–water partition coefficient (Wildman–Crippen LogP) is 4.05. The van der Waals surface area contributed by atoms with Crippen molar-refractivity contribution in [3.05, 3.63) is 65.4 Å². The fourth-order valence-electron chi connectivity index (χ4n) is 3.15. The Morgan fingerprint density at radius 2 is 1.96 bits per heavy atom. The third-order valence-corrected chi connectivity index (χ3v) is 4.63. The lowest BCUT2D eigenvalue weighted by Gasteiger charge is -2.16. The lowest BCUT2D eigenvalue weighted by Crippen LogP contribution is -2.27. The standard InChI is InChI=1S/C21H26N4O/c1-25(16-18-10-6-3-7-11-18)21(26)19-12-13-20(24-23-19)22-15-14-17-8-4-2-5-9-17/h3,6-8,10-13H,2,4-5,9,14-16H2,1H3,(H,22,24). The van der Waals surface area contributed by atoms with E-state index in [1.807, 2.05) is 36.4 Å². The summed E-state index contributed by atoms with van der Waals surface area (Å²) in [5.41, 5.74) is 2.99. The van der Waals surface area contributed by atoms with Gasteiger partial charge in [0.2, 0.25) is 0 Å². The zero-order valence-corrected chi connectivity index (χ0v) is 15.3. The fraction of sp³-hybridized carbons (Fsp3) is 0.381. The van der Waals surface area contributed by atoms with E-state index >= 15 is 0 Å². The molecule has 1 aromatic carbocycles. The molecular formula is C21H26N4O. The molecule has 0 saturated carbocycles. The number of aromatic nitrogens is 2. The first-order valence-electron chi connectivity index (χ1n) is 9.27. The van der Waals surface area contributed by atoms with Crippen LogP contribution in [0.5, 0.6) is 0 Å². The Bertz CT molecular complexity index is 740. The molecule has 3 rings (SSSR count). The number of amides is 1. The largest absolute Gasteiger partial charge is 0.368 e. The molecule has 1 aliphatic carbocycles.